The van der Waals surface area contributed by atoms with Crippen LogP contribution in [0, 0.1) is 17.3 Å². The molecule has 156 valence electrons. The van der Waals surface area contributed by atoms with Crippen LogP contribution in [-0.4, -0.2) is 54.3 Å². The van der Waals surface area contributed by atoms with Gasteiger partial charge in [-0.05, 0) is 49.6 Å². The summed E-state index contributed by atoms with van der Waals surface area (Å²) in [5.74, 6) is 0.965. The van der Waals surface area contributed by atoms with E-state index in [1.807, 2.05) is 37.0 Å². The normalized spacial score (nSPS) is 22.2. The molecule has 2 aliphatic heterocycles. The van der Waals surface area contributed by atoms with Gasteiger partial charge in [-0.2, -0.15) is 0 Å². The summed E-state index contributed by atoms with van der Waals surface area (Å²) >= 11 is 1.82. The topological polar surface area (TPSA) is 52.7 Å². The highest BCUT2D eigenvalue weighted by atomic mass is 32.1. The Morgan fingerprint density at radius 3 is 2.57 bits per heavy atom. The van der Waals surface area contributed by atoms with Crippen LogP contribution in [0.3, 0.4) is 0 Å². The molecule has 1 aromatic heterocycles. The van der Waals surface area contributed by atoms with E-state index >= 15 is 0 Å². The Bertz CT molecular complexity index is 645. The maximum Gasteiger partial charge on any atom is 0.227 e. The molecule has 1 unspecified atom stereocenters. The largest absolute Gasteiger partial charge is 0.356 e. The molecule has 1 N–H and O–H groups in total. The molecule has 1 aromatic rings. The smallest absolute Gasteiger partial charge is 0.227 e. The van der Waals surface area contributed by atoms with Crippen molar-refractivity contribution in [2.45, 2.75) is 53.0 Å². The van der Waals surface area contributed by atoms with Crippen LogP contribution in [-0.2, 0) is 16.1 Å². The third-order valence-corrected chi connectivity index (χ3v) is 6.78. The number of rotatable bonds is 5. The number of carbonyl (C=O) groups excluding carboxylic acids is 2. The molecule has 0 bridgehead atoms. The molecule has 2 fully saturated rings. The van der Waals surface area contributed by atoms with E-state index in [1.165, 1.54) is 17.7 Å². The van der Waals surface area contributed by atoms with Gasteiger partial charge in [-0.3, -0.25) is 14.5 Å². The Kier molecular flexibility index (Phi) is 7.15. The molecule has 0 radical (unpaired) electrons. The van der Waals surface area contributed by atoms with Gasteiger partial charge in [0.2, 0.25) is 11.8 Å². The zero-order valence-corrected chi connectivity index (χ0v) is 18.4. The molecule has 0 saturated carbocycles. The summed E-state index contributed by atoms with van der Waals surface area (Å²) in [4.78, 5) is 30.9. The van der Waals surface area contributed by atoms with Crippen molar-refractivity contribution in [2.24, 2.45) is 17.3 Å². The Morgan fingerprint density at radius 2 is 1.93 bits per heavy atom. The molecular formula is C22H35N3O2S. The van der Waals surface area contributed by atoms with Crippen molar-refractivity contribution in [3.8, 4) is 0 Å². The molecule has 6 heteroatoms. The summed E-state index contributed by atoms with van der Waals surface area (Å²) in [5, 5.41) is 5.35. The molecule has 3 rings (SSSR count). The summed E-state index contributed by atoms with van der Waals surface area (Å²) in [6.45, 7) is 11.3. The van der Waals surface area contributed by atoms with Gasteiger partial charge < -0.3 is 10.2 Å². The van der Waals surface area contributed by atoms with Gasteiger partial charge in [0.1, 0.15) is 0 Å². The van der Waals surface area contributed by atoms with E-state index in [9.17, 15) is 9.59 Å². The standard InChI is InChI=1S/C22H35N3O2S/c1-22(2,3)21(27)25-11-8-18(9-12-25)20(26)23-14-17-6-4-10-24(15-17)16-19-7-5-13-28-19/h5,7,13,17-18H,4,6,8-12,14-16H2,1-3H3,(H,23,26). The van der Waals surface area contributed by atoms with E-state index in [0.29, 0.717) is 19.0 Å². The van der Waals surface area contributed by atoms with Gasteiger partial charge in [0.05, 0.1) is 0 Å². The minimum Gasteiger partial charge on any atom is -0.356 e. The first-order valence-corrected chi connectivity index (χ1v) is 11.5. The fourth-order valence-corrected chi connectivity index (χ4v) is 5.04. The molecule has 1 atom stereocenters. The van der Waals surface area contributed by atoms with Crippen LogP contribution >= 0.6 is 11.3 Å². The van der Waals surface area contributed by atoms with Crippen molar-refractivity contribution in [3.63, 3.8) is 0 Å². The number of nitrogens with one attached hydrogen (secondary N) is 1. The number of thiophene rings is 1. The second-order valence-corrected chi connectivity index (χ2v) is 10.4. The number of hydrogen-bond donors (Lipinski definition) is 1. The maximum atomic E-state index is 12.6. The van der Waals surface area contributed by atoms with E-state index in [2.05, 4.69) is 27.7 Å². The van der Waals surface area contributed by atoms with Gasteiger partial charge in [0.15, 0.2) is 0 Å². The summed E-state index contributed by atoms with van der Waals surface area (Å²) in [5.41, 5.74) is -0.342. The first kappa shape index (κ1) is 21.3. The Balaban J connectivity index is 1.39. The Morgan fingerprint density at radius 1 is 1.18 bits per heavy atom. The molecule has 28 heavy (non-hydrogen) atoms. The first-order chi connectivity index (χ1) is 13.3. The minimum atomic E-state index is -0.342. The van der Waals surface area contributed by atoms with E-state index in [0.717, 1.165) is 39.0 Å². The highest BCUT2D eigenvalue weighted by Crippen LogP contribution is 2.24. The molecule has 0 aromatic carbocycles. The molecule has 2 saturated heterocycles. The predicted molar refractivity (Wildman–Crippen MR) is 114 cm³/mol. The highest BCUT2D eigenvalue weighted by molar-refractivity contribution is 7.09. The van der Waals surface area contributed by atoms with E-state index in [-0.39, 0.29) is 23.1 Å². The van der Waals surface area contributed by atoms with Crippen molar-refractivity contribution in [2.75, 3.05) is 32.7 Å². The fourth-order valence-electron chi connectivity index (χ4n) is 4.29. The fraction of sp³-hybridized carbons (Fsp3) is 0.727. The zero-order valence-electron chi connectivity index (χ0n) is 17.6. The van der Waals surface area contributed by atoms with Crippen LogP contribution in [0.15, 0.2) is 17.5 Å². The lowest BCUT2D eigenvalue weighted by molar-refractivity contribution is -0.142. The molecule has 0 aliphatic carbocycles. The molecule has 3 heterocycles. The number of carbonyl (C=O) groups is 2. The summed E-state index contributed by atoms with van der Waals surface area (Å²) in [6, 6.07) is 4.31. The number of piperidine rings is 2. The predicted octanol–water partition coefficient (Wildman–Crippen LogP) is 3.36. The van der Waals surface area contributed by atoms with E-state index < -0.39 is 0 Å². The number of hydrogen-bond acceptors (Lipinski definition) is 4. The first-order valence-electron chi connectivity index (χ1n) is 10.6. The number of likely N-dealkylation sites (tertiary alicyclic amines) is 2. The van der Waals surface area contributed by atoms with Crippen molar-refractivity contribution in [1.29, 1.82) is 0 Å². The van der Waals surface area contributed by atoms with Crippen molar-refractivity contribution in [1.82, 2.24) is 15.1 Å². The number of nitrogens with zero attached hydrogens (tertiary/aromatic N) is 2. The molecule has 2 amide bonds. The lowest BCUT2D eigenvalue weighted by Gasteiger charge is -2.36. The third kappa shape index (κ3) is 5.80. The third-order valence-electron chi connectivity index (χ3n) is 5.92. The quantitative estimate of drug-likeness (QED) is 0.817. The van der Waals surface area contributed by atoms with Gasteiger partial charge in [-0.1, -0.05) is 26.8 Å². The second kappa shape index (κ2) is 9.40. The molecule has 0 spiro atoms. The maximum absolute atomic E-state index is 12.6. The van der Waals surface area contributed by atoms with Gasteiger partial charge in [-0.25, -0.2) is 0 Å². The van der Waals surface area contributed by atoms with Gasteiger partial charge in [-0.15, -0.1) is 11.3 Å². The second-order valence-electron chi connectivity index (χ2n) is 9.38. The van der Waals surface area contributed by atoms with Gasteiger partial charge in [0.25, 0.3) is 0 Å². The molecule has 5 nitrogen and oxygen atoms in total. The summed E-state index contributed by atoms with van der Waals surface area (Å²) in [6.07, 6.45) is 3.96. The minimum absolute atomic E-state index is 0.0508. The lowest BCUT2D eigenvalue weighted by atomic mass is 9.90. The van der Waals surface area contributed by atoms with Crippen molar-refractivity contribution >= 4 is 23.2 Å². The highest BCUT2D eigenvalue weighted by Gasteiger charge is 2.32. The van der Waals surface area contributed by atoms with Crippen LogP contribution in [0.1, 0.15) is 51.3 Å². The SMILES string of the molecule is CC(C)(C)C(=O)N1CCC(C(=O)NCC2CCCN(Cc3cccs3)C2)CC1. The average Bonchev–Trinajstić information content (AvgIpc) is 3.18. The van der Waals surface area contributed by atoms with Gasteiger partial charge >= 0.3 is 0 Å². The zero-order chi connectivity index (χ0) is 20.1. The van der Waals surface area contributed by atoms with E-state index in [1.54, 1.807) is 0 Å². The van der Waals surface area contributed by atoms with Crippen molar-refractivity contribution in [3.05, 3.63) is 22.4 Å². The Hall–Kier alpha value is -1.40. The number of amides is 2. The monoisotopic (exact) mass is 405 g/mol. The van der Waals surface area contributed by atoms with Crippen LogP contribution < -0.4 is 5.32 Å². The van der Waals surface area contributed by atoms with Crippen molar-refractivity contribution < 1.29 is 9.59 Å². The summed E-state index contributed by atoms with van der Waals surface area (Å²) in [7, 11) is 0. The molecular weight excluding hydrogens is 370 g/mol. The molecule has 2 aliphatic rings. The van der Waals surface area contributed by atoms with Crippen LogP contribution in [0.5, 0.6) is 0 Å². The Labute approximate surface area is 173 Å². The lowest BCUT2D eigenvalue weighted by Crippen LogP contribution is -2.47. The van der Waals surface area contributed by atoms with Crippen LogP contribution in [0.4, 0.5) is 0 Å². The van der Waals surface area contributed by atoms with Crippen LogP contribution in [0.25, 0.3) is 0 Å². The van der Waals surface area contributed by atoms with E-state index in [4.69, 9.17) is 0 Å². The van der Waals surface area contributed by atoms with Gasteiger partial charge in [0, 0.05) is 48.9 Å². The van der Waals surface area contributed by atoms with Crippen LogP contribution in [0.2, 0.25) is 0 Å². The summed E-state index contributed by atoms with van der Waals surface area (Å²) < 4.78 is 0. The average molecular weight is 406 g/mol.